The number of nitrogens with zero attached hydrogens (tertiary/aromatic N) is 1. The van der Waals surface area contributed by atoms with Crippen LogP contribution >= 0.6 is 0 Å². The zero-order valence-electron chi connectivity index (χ0n) is 8.79. The second-order valence-corrected chi connectivity index (χ2v) is 3.68. The highest BCUT2D eigenvalue weighted by atomic mass is 16.3. The molecule has 2 unspecified atom stereocenters. The maximum atomic E-state index is 9.19. The molecule has 0 amide bonds. The molecule has 0 aromatic heterocycles. The first kappa shape index (κ1) is 12.4. The lowest BCUT2D eigenvalue weighted by Gasteiger charge is -2.10. The second-order valence-electron chi connectivity index (χ2n) is 3.68. The van der Waals surface area contributed by atoms with Gasteiger partial charge in [0.25, 0.3) is 0 Å². The molecule has 0 aromatic carbocycles. The van der Waals surface area contributed by atoms with Gasteiger partial charge in [0, 0.05) is 0 Å². The highest BCUT2D eigenvalue weighted by Crippen LogP contribution is 2.14. The van der Waals surface area contributed by atoms with Gasteiger partial charge in [-0.3, -0.25) is 0 Å². The fourth-order valence-electron chi connectivity index (χ4n) is 1.38. The van der Waals surface area contributed by atoms with Crippen LogP contribution in [0, 0.1) is 17.2 Å². The SMILES string of the molecule is CCCCCCCC(C#N)C(C)O. The van der Waals surface area contributed by atoms with Crippen molar-refractivity contribution in [1.29, 1.82) is 5.26 Å². The van der Waals surface area contributed by atoms with Gasteiger partial charge in [0.2, 0.25) is 0 Å². The number of rotatable bonds is 7. The summed E-state index contributed by atoms with van der Waals surface area (Å²) in [7, 11) is 0. The Bertz CT molecular complexity index is 149. The third kappa shape index (κ3) is 6.60. The van der Waals surface area contributed by atoms with Gasteiger partial charge in [-0.25, -0.2) is 0 Å². The molecule has 0 aliphatic carbocycles. The molecule has 0 saturated heterocycles. The van der Waals surface area contributed by atoms with E-state index in [2.05, 4.69) is 13.0 Å². The molecular formula is C11H21NO. The largest absolute Gasteiger partial charge is 0.392 e. The number of hydrogen-bond acceptors (Lipinski definition) is 2. The molecule has 2 atom stereocenters. The Morgan fingerprint density at radius 3 is 2.31 bits per heavy atom. The lowest BCUT2D eigenvalue weighted by atomic mass is 9.97. The van der Waals surface area contributed by atoms with E-state index in [1.54, 1.807) is 6.92 Å². The average molecular weight is 183 g/mol. The maximum absolute atomic E-state index is 9.19. The lowest BCUT2D eigenvalue weighted by molar-refractivity contribution is 0.146. The van der Waals surface area contributed by atoms with Gasteiger partial charge < -0.3 is 5.11 Å². The van der Waals surface area contributed by atoms with Crippen molar-refractivity contribution in [3.8, 4) is 6.07 Å². The zero-order valence-corrected chi connectivity index (χ0v) is 8.79. The van der Waals surface area contributed by atoms with Gasteiger partial charge in [0.1, 0.15) is 0 Å². The normalized spacial score (nSPS) is 14.9. The van der Waals surface area contributed by atoms with E-state index in [1.807, 2.05) is 0 Å². The van der Waals surface area contributed by atoms with Crippen molar-refractivity contribution in [2.24, 2.45) is 5.92 Å². The fourth-order valence-corrected chi connectivity index (χ4v) is 1.38. The van der Waals surface area contributed by atoms with E-state index < -0.39 is 6.10 Å². The molecule has 0 aromatic rings. The average Bonchev–Trinajstić information content (AvgIpc) is 2.10. The van der Waals surface area contributed by atoms with Crippen molar-refractivity contribution < 1.29 is 5.11 Å². The van der Waals surface area contributed by atoms with Gasteiger partial charge in [-0.1, -0.05) is 39.0 Å². The molecule has 13 heavy (non-hydrogen) atoms. The van der Waals surface area contributed by atoms with Crippen molar-refractivity contribution >= 4 is 0 Å². The molecule has 1 N–H and O–H groups in total. The summed E-state index contributed by atoms with van der Waals surface area (Å²) in [4.78, 5) is 0. The Kier molecular flexibility index (Phi) is 7.73. The third-order valence-electron chi connectivity index (χ3n) is 2.37. The molecule has 2 nitrogen and oxygen atoms in total. The Morgan fingerprint density at radius 1 is 1.23 bits per heavy atom. The molecule has 0 spiro atoms. The first-order chi connectivity index (χ1) is 6.22. The predicted octanol–water partition coefficient (Wildman–Crippen LogP) is 2.87. The van der Waals surface area contributed by atoms with Gasteiger partial charge >= 0.3 is 0 Å². The van der Waals surface area contributed by atoms with Gasteiger partial charge in [0.05, 0.1) is 18.1 Å². The third-order valence-corrected chi connectivity index (χ3v) is 2.37. The van der Waals surface area contributed by atoms with Crippen molar-refractivity contribution in [1.82, 2.24) is 0 Å². The summed E-state index contributed by atoms with van der Waals surface area (Å²) in [5, 5.41) is 17.9. The summed E-state index contributed by atoms with van der Waals surface area (Å²) >= 11 is 0. The zero-order chi connectivity index (χ0) is 10.1. The minimum absolute atomic E-state index is 0.165. The summed E-state index contributed by atoms with van der Waals surface area (Å²) < 4.78 is 0. The molecule has 76 valence electrons. The Hall–Kier alpha value is -0.550. The van der Waals surface area contributed by atoms with Crippen LogP contribution in [0.15, 0.2) is 0 Å². The summed E-state index contributed by atoms with van der Waals surface area (Å²) in [5.41, 5.74) is 0. The van der Waals surface area contributed by atoms with E-state index in [9.17, 15) is 5.11 Å². The molecule has 0 bridgehead atoms. The predicted molar refractivity (Wildman–Crippen MR) is 54.2 cm³/mol. The monoisotopic (exact) mass is 183 g/mol. The molecule has 0 heterocycles. The number of aliphatic hydroxyl groups excluding tert-OH is 1. The van der Waals surface area contributed by atoms with Gasteiger partial charge in [-0.2, -0.15) is 5.26 Å². The number of nitriles is 1. The molecule has 0 saturated carbocycles. The minimum atomic E-state index is -0.476. The van der Waals surface area contributed by atoms with E-state index in [-0.39, 0.29) is 5.92 Å². The van der Waals surface area contributed by atoms with Crippen molar-refractivity contribution in [3.05, 3.63) is 0 Å². The van der Waals surface area contributed by atoms with E-state index in [0.717, 1.165) is 12.8 Å². The van der Waals surface area contributed by atoms with Crippen LogP contribution in [0.5, 0.6) is 0 Å². The van der Waals surface area contributed by atoms with Crippen LogP contribution in [0.2, 0.25) is 0 Å². The van der Waals surface area contributed by atoms with Crippen LogP contribution in [0.3, 0.4) is 0 Å². The van der Waals surface area contributed by atoms with E-state index in [0.29, 0.717) is 0 Å². The van der Waals surface area contributed by atoms with Crippen molar-refractivity contribution in [2.45, 2.75) is 58.5 Å². The molecule has 0 fully saturated rings. The first-order valence-electron chi connectivity index (χ1n) is 5.30. The lowest BCUT2D eigenvalue weighted by Crippen LogP contribution is -2.14. The maximum Gasteiger partial charge on any atom is 0.0720 e. The topological polar surface area (TPSA) is 44.0 Å². The summed E-state index contributed by atoms with van der Waals surface area (Å²) in [6, 6.07) is 2.14. The van der Waals surface area contributed by atoms with Crippen molar-refractivity contribution in [3.63, 3.8) is 0 Å². The molecule has 0 aliphatic heterocycles. The molecular weight excluding hydrogens is 162 g/mol. The van der Waals surface area contributed by atoms with E-state index in [1.165, 1.54) is 25.7 Å². The molecule has 0 radical (unpaired) electrons. The minimum Gasteiger partial charge on any atom is -0.392 e. The van der Waals surface area contributed by atoms with Crippen LogP contribution in [-0.4, -0.2) is 11.2 Å². The van der Waals surface area contributed by atoms with Crippen LogP contribution in [0.4, 0.5) is 0 Å². The molecule has 0 aliphatic rings. The fraction of sp³-hybridized carbons (Fsp3) is 0.909. The quantitative estimate of drug-likeness (QED) is 0.617. The van der Waals surface area contributed by atoms with Crippen molar-refractivity contribution in [2.75, 3.05) is 0 Å². The highest BCUT2D eigenvalue weighted by Gasteiger charge is 2.12. The second kappa shape index (κ2) is 8.07. The molecule has 0 rings (SSSR count). The van der Waals surface area contributed by atoms with Crippen LogP contribution in [0.25, 0.3) is 0 Å². The summed E-state index contributed by atoms with van der Waals surface area (Å²) in [5.74, 6) is -0.165. The number of unbranched alkanes of at least 4 members (excludes halogenated alkanes) is 4. The Morgan fingerprint density at radius 2 is 1.85 bits per heavy atom. The Labute approximate surface area is 81.6 Å². The van der Waals surface area contributed by atoms with E-state index in [4.69, 9.17) is 5.26 Å². The van der Waals surface area contributed by atoms with Crippen LogP contribution in [-0.2, 0) is 0 Å². The molecule has 2 heteroatoms. The Balaban J connectivity index is 3.35. The highest BCUT2D eigenvalue weighted by molar-refractivity contribution is 4.85. The smallest absolute Gasteiger partial charge is 0.0720 e. The van der Waals surface area contributed by atoms with Crippen LogP contribution in [0.1, 0.15) is 52.4 Å². The van der Waals surface area contributed by atoms with Gasteiger partial charge in [-0.15, -0.1) is 0 Å². The number of hydrogen-bond donors (Lipinski definition) is 1. The first-order valence-corrected chi connectivity index (χ1v) is 5.30. The van der Waals surface area contributed by atoms with Crippen LogP contribution < -0.4 is 0 Å². The van der Waals surface area contributed by atoms with Gasteiger partial charge in [-0.05, 0) is 13.3 Å². The summed E-state index contributed by atoms with van der Waals surface area (Å²) in [6.45, 7) is 3.88. The van der Waals surface area contributed by atoms with Gasteiger partial charge in [0.15, 0.2) is 0 Å². The summed E-state index contributed by atoms with van der Waals surface area (Å²) in [6.07, 6.45) is 6.43. The standard InChI is InChI=1S/C11H21NO/c1-3-4-5-6-7-8-11(9-12)10(2)13/h10-11,13H,3-8H2,1-2H3. The number of aliphatic hydroxyl groups is 1. The van der Waals surface area contributed by atoms with E-state index >= 15 is 0 Å².